The molecule has 0 bridgehead atoms. The highest BCUT2D eigenvalue weighted by Crippen LogP contribution is 2.22. The summed E-state index contributed by atoms with van der Waals surface area (Å²) in [5.74, 6) is 0.804. The summed E-state index contributed by atoms with van der Waals surface area (Å²) in [4.78, 5) is 24.3. The summed E-state index contributed by atoms with van der Waals surface area (Å²) in [5, 5.41) is 9.72. The molecule has 0 saturated heterocycles. The summed E-state index contributed by atoms with van der Waals surface area (Å²) in [7, 11) is 3.30. The van der Waals surface area contributed by atoms with Crippen LogP contribution < -0.4 is 15.4 Å². The van der Waals surface area contributed by atoms with Gasteiger partial charge >= 0.3 is 12.0 Å². The Balaban J connectivity index is 2.15. The molecule has 1 atom stereocenters. The van der Waals surface area contributed by atoms with Crippen LogP contribution in [0.25, 0.3) is 0 Å². The number of nitrogens with zero attached hydrogens (tertiary/aromatic N) is 2. The molecule has 8 nitrogen and oxygen atoms in total. The largest absolute Gasteiger partial charge is 0.497 e. The molecule has 2 aromatic rings. The number of carbonyl (C=O) groups is 2. The highest BCUT2D eigenvalue weighted by atomic mass is 16.5. The molecule has 0 saturated carbocycles. The lowest BCUT2D eigenvalue weighted by atomic mass is 10.0. The standard InChI is InChI=1S/C18H24N4O4/c1-5-26-17(23)11-15(13-7-6-8-14(10-13)25-4)19-18(24)20-16-9-12(2)21-22(16)3/h6-10,15H,5,11H2,1-4H3,(H2,19,20,24). The van der Waals surface area contributed by atoms with Crippen molar-refractivity contribution in [3.05, 3.63) is 41.6 Å². The SMILES string of the molecule is CCOC(=O)CC(NC(=O)Nc1cc(C)nn1C)c1cccc(OC)c1. The van der Waals surface area contributed by atoms with Crippen LogP contribution in [0.4, 0.5) is 10.6 Å². The van der Waals surface area contributed by atoms with Gasteiger partial charge in [0.2, 0.25) is 0 Å². The number of amides is 2. The number of benzene rings is 1. The Kier molecular flexibility index (Phi) is 6.60. The number of aryl methyl sites for hydroxylation is 2. The van der Waals surface area contributed by atoms with E-state index in [2.05, 4.69) is 15.7 Å². The smallest absolute Gasteiger partial charge is 0.320 e. The monoisotopic (exact) mass is 360 g/mol. The van der Waals surface area contributed by atoms with E-state index in [1.54, 1.807) is 50.0 Å². The van der Waals surface area contributed by atoms with E-state index in [1.807, 2.05) is 13.0 Å². The van der Waals surface area contributed by atoms with Gasteiger partial charge in [0.1, 0.15) is 11.6 Å². The molecule has 0 spiro atoms. The predicted octanol–water partition coefficient (Wildman–Crippen LogP) is 2.55. The van der Waals surface area contributed by atoms with E-state index in [0.29, 0.717) is 11.6 Å². The van der Waals surface area contributed by atoms with Crippen molar-refractivity contribution < 1.29 is 19.1 Å². The van der Waals surface area contributed by atoms with Crippen LogP contribution in [0.5, 0.6) is 5.75 Å². The minimum atomic E-state index is -0.557. The highest BCUT2D eigenvalue weighted by Gasteiger charge is 2.20. The van der Waals surface area contributed by atoms with E-state index in [1.165, 1.54) is 0 Å². The zero-order chi connectivity index (χ0) is 19.1. The van der Waals surface area contributed by atoms with Gasteiger partial charge in [-0.3, -0.25) is 14.8 Å². The van der Waals surface area contributed by atoms with Gasteiger partial charge in [0.15, 0.2) is 0 Å². The lowest BCUT2D eigenvalue weighted by Crippen LogP contribution is -2.34. The molecule has 8 heteroatoms. The Labute approximate surface area is 152 Å². The first-order valence-corrected chi connectivity index (χ1v) is 8.30. The number of esters is 1. The Hall–Kier alpha value is -3.03. The minimum absolute atomic E-state index is 0.0127. The zero-order valence-electron chi connectivity index (χ0n) is 15.4. The van der Waals surface area contributed by atoms with Gasteiger partial charge in [-0.1, -0.05) is 12.1 Å². The van der Waals surface area contributed by atoms with Crippen molar-refractivity contribution in [3.63, 3.8) is 0 Å². The fraction of sp³-hybridized carbons (Fsp3) is 0.389. The van der Waals surface area contributed by atoms with Gasteiger partial charge in [-0.2, -0.15) is 5.10 Å². The van der Waals surface area contributed by atoms with Gasteiger partial charge < -0.3 is 14.8 Å². The van der Waals surface area contributed by atoms with Crippen LogP contribution in [0.1, 0.15) is 30.6 Å². The van der Waals surface area contributed by atoms with Crippen LogP contribution in [0, 0.1) is 6.92 Å². The first-order valence-electron chi connectivity index (χ1n) is 8.30. The number of methoxy groups -OCH3 is 1. The Bertz CT molecular complexity index is 772. The van der Waals surface area contributed by atoms with E-state index >= 15 is 0 Å². The lowest BCUT2D eigenvalue weighted by Gasteiger charge is -2.19. The van der Waals surface area contributed by atoms with Crippen molar-refractivity contribution in [1.29, 1.82) is 0 Å². The number of hydrogen-bond donors (Lipinski definition) is 2. The summed E-state index contributed by atoms with van der Waals surface area (Å²) in [5.41, 5.74) is 1.53. The van der Waals surface area contributed by atoms with E-state index in [4.69, 9.17) is 9.47 Å². The topological polar surface area (TPSA) is 94.5 Å². The van der Waals surface area contributed by atoms with Gasteiger partial charge in [0.05, 0.1) is 31.9 Å². The number of nitrogens with one attached hydrogen (secondary N) is 2. The van der Waals surface area contributed by atoms with Crippen molar-refractivity contribution in [1.82, 2.24) is 15.1 Å². The second kappa shape index (κ2) is 8.89. The molecule has 1 aromatic heterocycles. The van der Waals surface area contributed by atoms with Crippen molar-refractivity contribution in [3.8, 4) is 5.75 Å². The first kappa shape index (κ1) is 19.3. The van der Waals surface area contributed by atoms with E-state index in [0.717, 1.165) is 11.3 Å². The molecule has 0 radical (unpaired) electrons. The molecule has 1 aromatic carbocycles. The number of carbonyl (C=O) groups excluding carboxylic acids is 2. The third kappa shape index (κ3) is 5.23. The molecule has 26 heavy (non-hydrogen) atoms. The van der Waals surface area contributed by atoms with Crippen LogP contribution in [-0.4, -0.2) is 35.5 Å². The summed E-state index contributed by atoms with van der Waals surface area (Å²) in [6, 6.07) is 7.95. The fourth-order valence-electron chi connectivity index (χ4n) is 2.54. The van der Waals surface area contributed by atoms with Crippen molar-refractivity contribution in [2.75, 3.05) is 19.0 Å². The maximum Gasteiger partial charge on any atom is 0.320 e. The van der Waals surface area contributed by atoms with Crippen molar-refractivity contribution >= 4 is 17.8 Å². The van der Waals surface area contributed by atoms with E-state index in [9.17, 15) is 9.59 Å². The van der Waals surface area contributed by atoms with Crippen LogP contribution in [0.2, 0.25) is 0 Å². The molecule has 0 aliphatic rings. The highest BCUT2D eigenvalue weighted by molar-refractivity contribution is 5.89. The molecule has 1 unspecified atom stereocenters. The molecule has 2 amide bonds. The zero-order valence-corrected chi connectivity index (χ0v) is 15.4. The summed E-state index contributed by atoms with van der Waals surface area (Å²) < 4.78 is 11.8. The summed E-state index contributed by atoms with van der Waals surface area (Å²) in [6.07, 6.45) is 0.0127. The second-order valence-electron chi connectivity index (χ2n) is 5.73. The third-order valence-electron chi connectivity index (χ3n) is 3.72. The molecule has 0 fully saturated rings. The maximum atomic E-state index is 12.4. The number of ether oxygens (including phenoxy) is 2. The summed E-state index contributed by atoms with van der Waals surface area (Å²) >= 11 is 0. The normalized spacial score (nSPS) is 11.5. The number of anilines is 1. The van der Waals surface area contributed by atoms with Gasteiger partial charge in [-0.05, 0) is 31.5 Å². The molecule has 0 aliphatic carbocycles. The van der Waals surface area contributed by atoms with Gasteiger partial charge in [0, 0.05) is 13.1 Å². The quantitative estimate of drug-likeness (QED) is 0.740. The Morgan fingerprint density at radius 2 is 2.08 bits per heavy atom. The fourth-order valence-corrected chi connectivity index (χ4v) is 2.54. The molecular weight excluding hydrogens is 336 g/mol. The van der Waals surface area contributed by atoms with Gasteiger partial charge in [0.25, 0.3) is 0 Å². The van der Waals surface area contributed by atoms with Gasteiger partial charge in [-0.15, -0.1) is 0 Å². The lowest BCUT2D eigenvalue weighted by molar-refractivity contribution is -0.143. The number of urea groups is 1. The number of rotatable bonds is 7. The van der Waals surface area contributed by atoms with Crippen molar-refractivity contribution in [2.24, 2.45) is 7.05 Å². The van der Waals surface area contributed by atoms with Crippen LogP contribution >= 0.6 is 0 Å². The van der Waals surface area contributed by atoms with Crippen LogP contribution in [-0.2, 0) is 16.6 Å². The van der Waals surface area contributed by atoms with Gasteiger partial charge in [-0.25, -0.2) is 4.79 Å². The van der Waals surface area contributed by atoms with E-state index in [-0.39, 0.29) is 13.0 Å². The Morgan fingerprint density at radius 3 is 2.69 bits per heavy atom. The maximum absolute atomic E-state index is 12.4. The molecule has 1 heterocycles. The van der Waals surface area contributed by atoms with E-state index < -0.39 is 18.0 Å². The average Bonchev–Trinajstić information content (AvgIpc) is 2.91. The number of hydrogen-bond acceptors (Lipinski definition) is 5. The minimum Gasteiger partial charge on any atom is -0.497 e. The van der Waals surface area contributed by atoms with Crippen molar-refractivity contribution in [2.45, 2.75) is 26.3 Å². The number of aromatic nitrogens is 2. The molecule has 0 aliphatic heterocycles. The Morgan fingerprint density at radius 1 is 1.31 bits per heavy atom. The van der Waals surface area contributed by atoms with Crippen LogP contribution in [0.15, 0.2) is 30.3 Å². The average molecular weight is 360 g/mol. The second-order valence-corrected chi connectivity index (χ2v) is 5.73. The molecule has 140 valence electrons. The first-order chi connectivity index (χ1) is 12.4. The third-order valence-corrected chi connectivity index (χ3v) is 3.72. The van der Waals surface area contributed by atoms with Crippen LogP contribution in [0.3, 0.4) is 0 Å². The molecular formula is C18H24N4O4. The molecule has 2 rings (SSSR count). The predicted molar refractivity (Wildman–Crippen MR) is 97.1 cm³/mol. The molecule has 2 N–H and O–H groups in total. The summed E-state index contributed by atoms with van der Waals surface area (Å²) in [6.45, 7) is 3.86.